The Hall–Kier alpha value is -1.94. The van der Waals surface area contributed by atoms with Gasteiger partial charge in [-0.15, -0.1) is 0 Å². The highest BCUT2D eigenvalue weighted by atomic mass is 16.7. The molecule has 1 aromatic carbocycles. The van der Waals surface area contributed by atoms with Crippen molar-refractivity contribution in [1.29, 1.82) is 0 Å². The maximum absolute atomic E-state index is 5.78. The number of likely N-dealkylation sites (N-methyl/N-ethyl adjacent to an activating group) is 1. The average Bonchev–Trinajstić information content (AvgIpc) is 2.89. The van der Waals surface area contributed by atoms with E-state index in [9.17, 15) is 0 Å². The number of fused-ring (bicyclic) bond motifs is 1. The van der Waals surface area contributed by atoms with Gasteiger partial charge in [0, 0.05) is 30.1 Å². The molecule has 0 saturated heterocycles. The number of aromatic nitrogens is 1. The van der Waals surface area contributed by atoms with E-state index in [4.69, 9.17) is 9.47 Å². The summed E-state index contributed by atoms with van der Waals surface area (Å²) in [5.41, 5.74) is 2.36. The number of allylic oxidation sites excluding steroid dienone is 1. The maximum Gasteiger partial charge on any atom is 0.230 e. The van der Waals surface area contributed by atoms with Crippen molar-refractivity contribution in [3.05, 3.63) is 42.3 Å². The standard InChI is InChI=1S/C17H24N2O2/c1-5-13(2)20-12-21-16-8-6-7-15-17(16)14(11-18-15)9-10-19(3)4/h6-8,11,18H,2,5,9-10,12H2,1,3-4H3. The first-order chi connectivity index (χ1) is 10.1. The molecule has 0 radical (unpaired) electrons. The molecule has 0 fully saturated rings. The summed E-state index contributed by atoms with van der Waals surface area (Å²) >= 11 is 0. The molecule has 2 aromatic rings. The average molecular weight is 288 g/mol. The smallest absolute Gasteiger partial charge is 0.230 e. The van der Waals surface area contributed by atoms with Crippen LogP contribution >= 0.6 is 0 Å². The Labute approximate surface area is 126 Å². The fourth-order valence-corrected chi connectivity index (χ4v) is 2.16. The van der Waals surface area contributed by atoms with E-state index in [1.165, 1.54) is 5.56 Å². The lowest BCUT2D eigenvalue weighted by molar-refractivity contribution is 0.0595. The number of nitrogens with zero attached hydrogens (tertiary/aromatic N) is 1. The second-order valence-corrected chi connectivity index (χ2v) is 5.34. The Morgan fingerprint density at radius 2 is 2.14 bits per heavy atom. The van der Waals surface area contributed by atoms with Gasteiger partial charge in [-0.1, -0.05) is 19.6 Å². The van der Waals surface area contributed by atoms with Crippen LogP contribution in [0.5, 0.6) is 5.75 Å². The first-order valence-electron chi connectivity index (χ1n) is 7.29. The molecule has 0 aliphatic heterocycles. The highest BCUT2D eigenvalue weighted by molar-refractivity contribution is 5.89. The van der Waals surface area contributed by atoms with Gasteiger partial charge in [-0.2, -0.15) is 0 Å². The van der Waals surface area contributed by atoms with Gasteiger partial charge in [0.2, 0.25) is 6.79 Å². The van der Waals surface area contributed by atoms with Gasteiger partial charge >= 0.3 is 0 Å². The fraction of sp³-hybridized carbons (Fsp3) is 0.412. The zero-order chi connectivity index (χ0) is 15.2. The fourth-order valence-electron chi connectivity index (χ4n) is 2.16. The van der Waals surface area contributed by atoms with Crippen LogP contribution in [0.15, 0.2) is 36.7 Å². The molecular weight excluding hydrogens is 264 g/mol. The number of hydrogen-bond acceptors (Lipinski definition) is 3. The van der Waals surface area contributed by atoms with Crippen LogP contribution in [0.3, 0.4) is 0 Å². The molecule has 1 heterocycles. The molecule has 0 aliphatic carbocycles. The largest absolute Gasteiger partial charge is 0.462 e. The minimum absolute atomic E-state index is 0.198. The molecule has 0 spiro atoms. The second kappa shape index (κ2) is 7.18. The summed E-state index contributed by atoms with van der Waals surface area (Å²) in [6, 6.07) is 6.03. The van der Waals surface area contributed by atoms with E-state index in [0.29, 0.717) is 0 Å². The quantitative estimate of drug-likeness (QED) is 0.596. The van der Waals surface area contributed by atoms with E-state index in [0.717, 1.165) is 41.8 Å². The molecule has 4 heteroatoms. The number of nitrogens with one attached hydrogen (secondary N) is 1. The summed E-state index contributed by atoms with van der Waals surface area (Å²) in [5.74, 6) is 1.59. The third kappa shape index (κ3) is 4.02. The molecule has 0 saturated carbocycles. The van der Waals surface area contributed by atoms with Crippen molar-refractivity contribution in [1.82, 2.24) is 9.88 Å². The summed E-state index contributed by atoms with van der Waals surface area (Å²) in [6.07, 6.45) is 3.84. The highest BCUT2D eigenvalue weighted by Gasteiger charge is 2.10. The maximum atomic E-state index is 5.78. The minimum atomic E-state index is 0.198. The first kappa shape index (κ1) is 15.4. The third-order valence-electron chi connectivity index (χ3n) is 3.45. The molecule has 4 nitrogen and oxygen atoms in total. The Balaban J connectivity index is 2.14. The van der Waals surface area contributed by atoms with E-state index in [-0.39, 0.29) is 6.79 Å². The van der Waals surface area contributed by atoms with Crippen LogP contribution in [0.2, 0.25) is 0 Å². The lowest BCUT2D eigenvalue weighted by atomic mass is 10.1. The Morgan fingerprint density at radius 3 is 2.86 bits per heavy atom. The second-order valence-electron chi connectivity index (χ2n) is 5.34. The third-order valence-corrected chi connectivity index (χ3v) is 3.45. The SMILES string of the molecule is C=C(CC)OCOc1cccc2[nH]cc(CCN(C)C)c12. The predicted molar refractivity (Wildman–Crippen MR) is 86.6 cm³/mol. The van der Waals surface area contributed by atoms with Gasteiger partial charge in [0.15, 0.2) is 0 Å². The van der Waals surface area contributed by atoms with Gasteiger partial charge in [0.05, 0.1) is 5.76 Å². The number of aromatic amines is 1. The number of ether oxygens (including phenoxy) is 2. The zero-order valence-corrected chi connectivity index (χ0v) is 13.1. The summed E-state index contributed by atoms with van der Waals surface area (Å²) in [4.78, 5) is 5.48. The van der Waals surface area contributed by atoms with Crippen molar-refractivity contribution in [3.8, 4) is 5.75 Å². The molecule has 114 valence electrons. The van der Waals surface area contributed by atoms with Gasteiger partial charge in [-0.3, -0.25) is 0 Å². The van der Waals surface area contributed by atoms with E-state index >= 15 is 0 Å². The summed E-state index contributed by atoms with van der Waals surface area (Å²) in [5, 5.41) is 1.14. The van der Waals surface area contributed by atoms with Crippen molar-refractivity contribution in [2.45, 2.75) is 19.8 Å². The van der Waals surface area contributed by atoms with Crippen LogP contribution in [0, 0.1) is 0 Å². The summed E-state index contributed by atoms with van der Waals surface area (Å²) in [7, 11) is 4.16. The van der Waals surface area contributed by atoms with Gasteiger partial charge in [0.1, 0.15) is 5.75 Å². The zero-order valence-electron chi connectivity index (χ0n) is 13.1. The molecule has 0 aliphatic rings. The molecule has 0 bridgehead atoms. The van der Waals surface area contributed by atoms with E-state index in [1.54, 1.807) is 0 Å². The summed E-state index contributed by atoms with van der Waals surface area (Å²) in [6.45, 7) is 7.02. The van der Waals surface area contributed by atoms with Crippen LogP contribution in [-0.4, -0.2) is 37.3 Å². The van der Waals surface area contributed by atoms with Crippen molar-refractivity contribution >= 4 is 10.9 Å². The van der Waals surface area contributed by atoms with Crippen LogP contribution < -0.4 is 4.74 Å². The van der Waals surface area contributed by atoms with Crippen molar-refractivity contribution < 1.29 is 9.47 Å². The Morgan fingerprint density at radius 1 is 1.33 bits per heavy atom. The van der Waals surface area contributed by atoms with Gasteiger partial charge in [-0.25, -0.2) is 0 Å². The molecular formula is C17H24N2O2. The number of benzene rings is 1. The number of rotatable bonds is 8. The first-order valence-corrected chi connectivity index (χ1v) is 7.29. The van der Waals surface area contributed by atoms with Gasteiger partial charge in [-0.05, 0) is 38.2 Å². The van der Waals surface area contributed by atoms with Crippen LogP contribution in [0.4, 0.5) is 0 Å². The van der Waals surface area contributed by atoms with Crippen molar-refractivity contribution in [3.63, 3.8) is 0 Å². The molecule has 0 unspecified atom stereocenters. The van der Waals surface area contributed by atoms with Crippen LogP contribution in [0.1, 0.15) is 18.9 Å². The monoisotopic (exact) mass is 288 g/mol. The van der Waals surface area contributed by atoms with Crippen LogP contribution in [0.25, 0.3) is 10.9 Å². The molecule has 1 aromatic heterocycles. The van der Waals surface area contributed by atoms with E-state index in [2.05, 4.69) is 42.8 Å². The van der Waals surface area contributed by atoms with E-state index in [1.807, 2.05) is 19.1 Å². The number of H-pyrrole nitrogens is 1. The molecule has 0 amide bonds. The topological polar surface area (TPSA) is 37.5 Å². The Kier molecular flexibility index (Phi) is 5.28. The highest BCUT2D eigenvalue weighted by Crippen LogP contribution is 2.29. The van der Waals surface area contributed by atoms with Gasteiger partial charge in [0.25, 0.3) is 0 Å². The molecule has 0 atom stereocenters. The Bertz CT molecular complexity index is 602. The molecule has 21 heavy (non-hydrogen) atoms. The number of hydrogen-bond donors (Lipinski definition) is 1. The molecule has 1 N–H and O–H groups in total. The van der Waals surface area contributed by atoms with E-state index < -0.39 is 0 Å². The minimum Gasteiger partial charge on any atom is -0.462 e. The predicted octanol–water partition coefficient (Wildman–Crippen LogP) is 3.55. The van der Waals surface area contributed by atoms with Crippen molar-refractivity contribution in [2.75, 3.05) is 27.4 Å². The van der Waals surface area contributed by atoms with Crippen molar-refractivity contribution in [2.24, 2.45) is 0 Å². The summed E-state index contributed by atoms with van der Waals surface area (Å²) < 4.78 is 11.2. The van der Waals surface area contributed by atoms with Gasteiger partial charge < -0.3 is 19.4 Å². The lowest BCUT2D eigenvalue weighted by Gasteiger charge is -2.12. The lowest BCUT2D eigenvalue weighted by Crippen LogP contribution is -2.14. The normalized spacial score (nSPS) is 11.0. The molecule has 2 rings (SSSR count). The van der Waals surface area contributed by atoms with Crippen LogP contribution in [-0.2, 0) is 11.2 Å².